The third kappa shape index (κ3) is 2.76. The summed E-state index contributed by atoms with van der Waals surface area (Å²) in [5.74, 6) is 0.285. The maximum atomic E-state index is 10.3. The number of aryl methyl sites for hydroxylation is 2. The van der Waals surface area contributed by atoms with E-state index >= 15 is 0 Å². The molecule has 2 rings (SSSR count). The third-order valence-electron chi connectivity index (χ3n) is 2.83. The maximum absolute atomic E-state index is 10.3. The van der Waals surface area contributed by atoms with Crippen molar-refractivity contribution in [3.05, 3.63) is 26.1 Å². The van der Waals surface area contributed by atoms with Gasteiger partial charge in [0, 0.05) is 11.3 Å². The average Bonchev–Trinajstić information content (AvgIpc) is 2.86. The summed E-state index contributed by atoms with van der Waals surface area (Å²) in [7, 11) is 0. The Balaban J connectivity index is 2.16. The van der Waals surface area contributed by atoms with E-state index in [0.717, 1.165) is 21.3 Å². The standard InChI is InChI=1S/C12H17N3OS2/c1-6(2)11-12(18-15-14-11)9(16)5-10-13-7(3)8(4)17-10/h6,9,16H,5H2,1-4H3. The van der Waals surface area contributed by atoms with Gasteiger partial charge in [0.05, 0.1) is 27.4 Å². The molecule has 2 aromatic rings. The molecule has 98 valence electrons. The Bertz CT molecular complexity index is 514. The van der Waals surface area contributed by atoms with Crippen molar-refractivity contribution in [3.63, 3.8) is 0 Å². The lowest BCUT2D eigenvalue weighted by Gasteiger charge is -2.09. The van der Waals surface area contributed by atoms with Crippen molar-refractivity contribution in [3.8, 4) is 0 Å². The van der Waals surface area contributed by atoms with Crippen LogP contribution in [0.25, 0.3) is 0 Å². The molecule has 4 nitrogen and oxygen atoms in total. The minimum Gasteiger partial charge on any atom is -0.387 e. The summed E-state index contributed by atoms with van der Waals surface area (Å²) < 4.78 is 3.94. The Hall–Kier alpha value is -0.850. The number of thiazole rings is 1. The molecule has 2 heterocycles. The molecule has 6 heteroatoms. The van der Waals surface area contributed by atoms with Crippen LogP contribution in [0.4, 0.5) is 0 Å². The van der Waals surface area contributed by atoms with Gasteiger partial charge in [-0.3, -0.25) is 0 Å². The summed E-state index contributed by atoms with van der Waals surface area (Å²) in [6.07, 6.45) is -0.00417. The maximum Gasteiger partial charge on any atom is 0.0980 e. The first-order valence-electron chi connectivity index (χ1n) is 5.92. The van der Waals surface area contributed by atoms with Crippen molar-refractivity contribution in [1.29, 1.82) is 0 Å². The topological polar surface area (TPSA) is 58.9 Å². The van der Waals surface area contributed by atoms with Crippen LogP contribution in [0.15, 0.2) is 0 Å². The van der Waals surface area contributed by atoms with Crippen LogP contribution in [-0.2, 0) is 6.42 Å². The van der Waals surface area contributed by atoms with E-state index in [1.165, 1.54) is 16.4 Å². The number of rotatable bonds is 4. The smallest absolute Gasteiger partial charge is 0.0980 e. The van der Waals surface area contributed by atoms with E-state index < -0.39 is 6.10 Å². The van der Waals surface area contributed by atoms with Crippen LogP contribution in [0.3, 0.4) is 0 Å². The molecule has 0 amide bonds. The Morgan fingerprint density at radius 2 is 2.00 bits per heavy atom. The summed E-state index contributed by atoms with van der Waals surface area (Å²) in [6.45, 7) is 8.17. The average molecular weight is 283 g/mol. The molecule has 0 saturated carbocycles. The van der Waals surface area contributed by atoms with Gasteiger partial charge < -0.3 is 5.11 Å². The second-order valence-corrected chi connectivity index (χ2v) is 6.72. The van der Waals surface area contributed by atoms with Crippen molar-refractivity contribution >= 4 is 22.9 Å². The van der Waals surface area contributed by atoms with Crippen LogP contribution < -0.4 is 0 Å². The molecule has 0 aliphatic rings. The highest BCUT2D eigenvalue weighted by molar-refractivity contribution is 7.11. The van der Waals surface area contributed by atoms with E-state index in [4.69, 9.17) is 0 Å². The lowest BCUT2D eigenvalue weighted by atomic mass is 10.1. The summed E-state index contributed by atoms with van der Waals surface area (Å²) in [5.41, 5.74) is 1.95. The Morgan fingerprint density at radius 1 is 1.28 bits per heavy atom. The van der Waals surface area contributed by atoms with E-state index in [-0.39, 0.29) is 5.92 Å². The Morgan fingerprint density at radius 3 is 2.56 bits per heavy atom. The van der Waals surface area contributed by atoms with Crippen LogP contribution in [0, 0.1) is 13.8 Å². The van der Waals surface area contributed by atoms with E-state index in [1.807, 2.05) is 6.92 Å². The molecule has 1 atom stereocenters. The van der Waals surface area contributed by atoms with Gasteiger partial charge in [-0.15, -0.1) is 16.4 Å². The molecule has 2 aromatic heterocycles. The predicted octanol–water partition coefficient (Wildman–Crippen LogP) is 3.01. The molecule has 0 spiro atoms. The first kappa shape index (κ1) is 13.6. The Labute approximate surface area is 115 Å². The summed E-state index contributed by atoms with van der Waals surface area (Å²) in [5, 5.41) is 15.4. The minimum absolute atomic E-state index is 0.285. The van der Waals surface area contributed by atoms with Crippen LogP contribution in [-0.4, -0.2) is 19.7 Å². The molecule has 0 fully saturated rings. The number of aliphatic hydroxyl groups is 1. The molecule has 0 bridgehead atoms. The number of hydrogen-bond donors (Lipinski definition) is 1. The fourth-order valence-corrected chi connectivity index (χ4v) is 3.48. The zero-order chi connectivity index (χ0) is 13.3. The fourth-order valence-electron chi connectivity index (χ4n) is 1.72. The van der Waals surface area contributed by atoms with E-state index in [0.29, 0.717) is 6.42 Å². The van der Waals surface area contributed by atoms with E-state index in [9.17, 15) is 5.11 Å². The fraction of sp³-hybridized carbons (Fsp3) is 0.583. The lowest BCUT2D eigenvalue weighted by Crippen LogP contribution is -2.04. The number of hydrogen-bond acceptors (Lipinski definition) is 6. The van der Waals surface area contributed by atoms with Crippen molar-refractivity contribution in [2.24, 2.45) is 0 Å². The van der Waals surface area contributed by atoms with Gasteiger partial charge in [-0.2, -0.15) is 0 Å². The molecular formula is C12H17N3OS2. The number of aliphatic hydroxyl groups excluding tert-OH is 1. The van der Waals surface area contributed by atoms with Gasteiger partial charge in [0.2, 0.25) is 0 Å². The molecule has 0 aliphatic heterocycles. The summed E-state index contributed by atoms with van der Waals surface area (Å²) in [6, 6.07) is 0. The zero-order valence-corrected chi connectivity index (χ0v) is 12.6. The van der Waals surface area contributed by atoms with Crippen molar-refractivity contribution in [2.75, 3.05) is 0 Å². The SMILES string of the molecule is Cc1nc(CC(O)c2snnc2C(C)C)sc1C. The highest BCUT2D eigenvalue weighted by Gasteiger charge is 2.20. The second kappa shape index (κ2) is 5.42. The number of aromatic nitrogens is 3. The highest BCUT2D eigenvalue weighted by atomic mass is 32.1. The Kier molecular flexibility index (Phi) is 4.09. The van der Waals surface area contributed by atoms with Crippen molar-refractivity contribution in [1.82, 2.24) is 14.6 Å². The number of nitrogens with zero attached hydrogens (tertiary/aromatic N) is 3. The summed E-state index contributed by atoms with van der Waals surface area (Å²) in [4.78, 5) is 6.54. The summed E-state index contributed by atoms with van der Waals surface area (Å²) >= 11 is 2.93. The van der Waals surface area contributed by atoms with E-state index in [1.54, 1.807) is 11.3 Å². The molecule has 18 heavy (non-hydrogen) atoms. The van der Waals surface area contributed by atoms with Crippen LogP contribution in [0.5, 0.6) is 0 Å². The van der Waals surface area contributed by atoms with Gasteiger partial charge in [-0.05, 0) is 31.3 Å². The van der Waals surface area contributed by atoms with Gasteiger partial charge >= 0.3 is 0 Å². The molecular weight excluding hydrogens is 266 g/mol. The monoisotopic (exact) mass is 283 g/mol. The second-order valence-electron chi connectivity index (χ2n) is 4.65. The van der Waals surface area contributed by atoms with Gasteiger partial charge in [-0.1, -0.05) is 18.3 Å². The zero-order valence-electron chi connectivity index (χ0n) is 11.0. The van der Waals surface area contributed by atoms with Gasteiger partial charge in [0.1, 0.15) is 0 Å². The van der Waals surface area contributed by atoms with Crippen LogP contribution in [0.1, 0.15) is 52.0 Å². The van der Waals surface area contributed by atoms with Crippen molar-refractivity contribution in [2.45, 2.75) is 46.1 Å². The molecule has 0 aromatic carbocycles. The quantitative estimate of drug-likeness (QED) is 0.937. The molecule has 0 aliphatic carbocycles. The van der Waals surface area contributed by atoms with Crippen LogP contribution >= 0.6 is 22.9 Å². The first-order chi connectivity index (χ1) is 8.49. The van der Waals surface area contributed by atoms with Gasteiger partial charge in [0.25, 0.3) is 0 Å². The largest absolute Gasteiger partial charge is 0.387 e. The molecule has 0 radical (unpaired) electrons. The van der Waals surface area contributed by atoms with Gasteiger partial charge in [0.15, 0.2) is 0 Å². The van der Waals surface area contributed by atoms with Crippen LogP contribution in [0.2, 0.25) is 0 Å². The lowest BCUT2D eigenvalue weighted by molar-refractivity contribution is 0.180. The van der Waals surface area contributed by atoms with E-state index in [2.05, 4.69) is 35.3 Å². The minimum atomic E-state index is -0.549. The molecule has 0 saturated heterocycles. The van der Waals surface area contributed by atoms with Gasteiger partial charge in [-0.25, -0.2) is 4.98 Å². The third-order valence-corrected chi connectivity index (χ3v) is 4.77. The molecule has 1 N–H and O–H groups in total. The first-order valence-corrected chi connectivity index (χ1v) is 7.51. The normalized spacial score (nSPS) is 13.2. The highest BCUT2D eigenvalue weighted by Crippen LogP contribution is 2.29. The predicted molar refractivity (Wildman–Crippen MR) is 74.2 cm³/mol. The molecule has 1 unspecified atom stereocenters. The van der Waals surface area contributed by atoms with Crippen molar-refractivity contribution < 1.29 is 5.11 Å².